The molecule has 8 heavy (non-hydrogen) atoms. The minimum absolute atomic E-state index is 0. The summed E-state index contributed by atoms with van der Waals surface area (Å²) in [6.45, 7) is 1.75. The lowest BCUT2D eigenvalue weighted by molar-refractivity contribution is 0.154. The molecule has 1 fully saturated rings. The number of rotatable bonds is 2. The van der Waals surface area contributed by atoms with Gasteiger partial charge in [-0.05, 0) is 19.8 Å². The van der Waals surface area contributed by atoms with E-state index >= 15 is 0 Å². The Morgan fingerprint density at radius 2 is 2.12 bits per heavy atom. The lowest BCUT2D eigenvalue weighted by Gasteiger charge is -2.02. The van der Waals surface area contributed by atoms with E-state index in [4.69, 9.17) is 5.11 Å². The lowest BCUT2D eigenvalue weighted by atomic mass is 10.6. The quantitative estimate of drug-likeness (QED) is 0.544. The first-order chi connectivity index (χ1) is 3.29. The van der Waals surface area contributed by atoms with E-state index in [0.29, 0.717) is 6.04 Å². The number of hydrogen-bond donors (Lipinski definition) is 2. The van der Waals surface area contributed by atoms with Gasteiger partial charge in [-0.2, -0.15) is 0 Å². The molecule has 1 rings (SSSR count). The van der Waals surface area contributed by atoms with Gasteiger partial charge in [0.25, 0.3) is 0 Å². The van der Waals surface area contributed by atoms with Crippen LogP contribution in [0.25, 0.3) is 0 Å². The highest BCUT2D eigenvalue weighted by Crippen LogP contribution is 2.18. The molecule has 0 heterocycles. The van der Waals surface area contributed by atoms with Crippen molar-refractivity contribution in [2.24, 2.45) is 0 Å². The summed E-state index contributed by atoms with van der Waals surface area (Å²) >= 11 is 0. The predicted octanol–water partition coefficient (Wildman–Crippen LogP) is 0.498. The van der Waals surface area contributed by atoms with E-state index in [1.54, 1.807) is 6.92 Å². The molecule has 3 heteroatoms. The van der Waals surface area contributed by atoms with Crippen LogP contribution in [0.3, 0.4) is 0 Å². The van der Waals surface area contributed by atoms with Gasteiger partial charge in [-0.3, -0.25) is 5.32 Å². The molecule has 1 unspecified atom stereocenters. The van der Waals surface area contributed by atoms with Crippen LogP contribution in [0.1, 0.15) is 19.8 Å². The number of aliphatic hydroxyl groups is 1. The largest absolute Gasteiger partial charge is 0.379 e. The highest BCUT2D eigenvalue weighted by atomic mass is 35.5. The van der Waals surface area contributed by atoms with Gasteiger partial charge in [-0.25, -0.2) is 0 Å². The van der Waals surface area contributed by atoms with Gasteiger partial charge < -0.3 is 5.11 Å². The second-order valence-electron chi connectivity index (χ2n) is 2.12. The molecule has 1 aliphatic rings. The molecular weight excluding hydrogens is 126 g/mol. The van der Waals surface area contributed by atoms with Gasteiger partial charge in [0.2, 0.25) is 0 Å². The van der Waals surface area contributed by atoms with Gasteiger partial charge in [0, 0.05) is 6.04 Å². The molecule has 0 spiro atoms. The number of hydrogen-bond acceptors (Lipinski definition) is 2. The van der Waals surface area contributed by atoms with Gasteiger partial charge in [0.15, 0.2) is 0 Å². The molecule has 0 saturated heterocycles. The molecule has 2 N–H and O–H groups in total. The second-order valence-corrected chi connectivity index (χ2v) is 2.12. The highest BCUT2D eigenvalue weighted by molar-refractivity contribution is 5.85. The van der Waals surface area contributed by atoms with Gasteiger partial charge >= 0.3 is 0 Å². The Morgan fingerprint density at radius 1 is 1.62 bits per heavy atom. The minimum atomic E-state index is -0.313. The van der Waals surface area contributed by atoms with Crippen molar-refractivity contribution in [1.29, 1.82) is 0 Å². The fourth-order valence-corrected chi connectivity index (χ4v) is 0.591. The number of halogens is 1. The summed E-state index contributed by atoms with van der Waals surface area (Å²) in [4.78, 5) is 0. The van der Waals surface area contributed by atoms with Crippen molar-refractivity contribution in [3.63, 3.8) is 0 Å². The molecule has 2 nitrogen and oxygen atoms in total. The second kappa shape index (κ2) is 3.28. The van der Waals surface area contributed by atoms with Gasteiger partial charge in [-0.15, -0.1) is 12.4 Å². The zero-order valence-corrected chi connectivity index (χ0v) is 5.74. The van der Waals surface area contributed by atoms with Crippen molar-refractivity contribution >= 4 is 12.4 Å². The number of aliphatic hydroxyl groups excluding tert-OH is 1. The van der Waals surface area contributed by atoms with Crippen LogP contribution in [0, 0.1) is 0 Å². The highest BCUT2D eigenvalue weighted by Gasteiger charge is 2.21. The Kier molecular flexibility index (Phi) is 3.36. The summed E-state index contributed by atoms with van der Waals surface area (Å²) in [6, 6.07) is 0.625. The van der Waals surface area contributed by atoms with Crippen LogP contribution in [-0.2, 0) is 0 Å². The normalized spacial score (nSPS) is 21.8. The van der Waals surface area contributed by atoms with Crippen LogP contribution in [0.4, 0.5) is 0 Å². The summed E-state index contributed by atoms with van der Waals surface area (Å²) in [5, 5.41) is 11.6. The van der Waals surface area contributed by atoms with Crippen molar-refractivity contribution in [3.05, 3.63) is 0 Å². The summed E-state index contributed by atoms with van der Waals surface area (Å²) in [7, 11) is 0. The standard InChI is InChI=1S/C5H11NO.ClH/c1-4(7)6-5-2-3-5;/h4-7H,2-3H2,1H3;1H. The van der Waals surface area contributed by atoms with Crippen LogP contribution in [0.15, 0.2) is 0 Å². The molecule has 0 aliphatic heterocycles. The van der Waals surface area contributed by atoms with Crippen molar-refractivity contribution in [1.82, 2.24) is 5.32 Å². The third-order valence-electron chi connectivity index (χ3n) is 1.05. The van der Waals surface area contributed by atoms with Crippen LogP contribution < -0.4 is 5.32 Å². The first-order valence-corrected chi connectivity index (χ1v) is 2.73. The Hall–Kier alpha value is 0.210. The van der Waals surface area contributed by atoms with Crippen LogP contribution in [-0.4, -0.2) is 17.4 Å². The van der Waals surface area contributed by atoms with Gasteiger partial charge in [0.05, 0.1) is 0 Å². The zero-order chi connectivity index (χ0) is 5.28. The summed E-state index contributed by atoms with van der Waals surface area (Å²) in [5.74, 6) is 0. The third-order valence-corrected chi connectivity index (χ3v) is 1.05. The van der Waals surface area contributed by atoms with E-state index in [9.17, 15) is 0 Å². The van der Waals surface area contributed by atoms with Crippen molar-refractivity contribution < 1.29 is 5.11 Å². The maximum Gasteiger partial charge on any atom is 0.102 e. The molecule has 0 aromatic carbocycles. The van der Waals surface area contributed by atoms with Gasteiger partial charge in [0.1, 0.15) is 6.23 Å². The molecular formula is C5H12ClNO. The van der Waals surface area contributed by atoms with Crippen LogP contribution in [0.5, 0.6) is 0 Å². The smallest absolute Gasteiger partial charge is 0.102 e. The van der Waals surface area contributed by atoms with Crippen LogP contribution >= 0.6 is 12.4 Å². The lowest BCUT2D eigenvalue weighted by Crippen LogP contribution is -2.26. The Bertz CT molecular complexity index is 63.4. The van der Waals surface area contributed by atoms with Crippen molar-refractivity contribution in [3.8, 4) is 0 Å². The van der Waals surface area contributed by atoms with E-state index in [1.165, 1.54) is 12.8 Å². The van der Waals surface area contributed by atoms with Crippen LogP contribution in [0.2, 0.25) is 0 Å². The summed E-state index contributed by atoms with van der Waals surface area (Å²) < 4.78 is 0. The minimum Gasteiger partial charge on any atom is -0.379 e. The average Bonchev–Trinajstić information content (AvgIpc) is 2.17. The van der Waals surface area contributed by atoms with E-state index < -0.39 is 0 Å². The maximum atomic E-state index is 8.65. The fraction of sp³-hybridized carbons (Fsp3) is 1.00. The summed E-state index contributed by atoms with van der Waals surface area (Å²) in [5.41, 5.74) is 0. The van der Waals surface area contributed by atoms with Gasteiger partial charge in [-0.1, -0.05) is 0 Å². The van der Waals surface area contributed by atoms with E-state index in [1.807, 2.05) is 0 Å². The molecule has 1 atom stereocenters. The predicted molar refractivity (Wildman–Crippen MR) is 35.1 cm³/mol. The zero-order valence-electron chi connectivity index (χ0n) is 4.92. The molecule has 1 aliphatic carbocycles. The molecule has 0 radical (unpaired) electrons. The molecule has 50 valence electrons. The van der Waals surface area contributed by atoms with Crippen molar-refractivity contribution in [2.75, 3.05) is 0 Å². The summed E-state index contributed by atoms with van der Waals surface area (Å²) in [6.07, 6.45) is 2.17. The maximum absolute atomic E-state index is 8.65. The first-order valence-electron chi connectivity index (χ1n) is 2.73. The monoisotopic (exact) mass is 137 g/mol. The first kappa shape index (κ1) is 8.21. The SMILES string of the molecule is CC(O)NC1CC1.Cl. The molecule has 1 saturated carbocycles. The third kappa shape index (κ3) is 3.24. The molecule has 0 aromatic heterocycles. The number of nitrogens with one attached hydrogen (secondary N) is 1. The topological polar surface area (TPSA) is 32.3 Å². The van der Waals surface area contributed by atoms with E-state index in [2.05, 4.69) is 5.32 Å². The molecule has 0 bridgehead atoms. The molecule has 0 aromatic rings. The molecule has 0 amide bonds. The van der Waals surface area contributed by atoms with E-state index in [-0.39, 0.29) is 18.6 Å². The Labute approximate surface area is 55.7 Å². The Balaban J connectivity index is 0.000000490. The fourth-order valence-electron chi connectivity index (χ4n) is 0.591. The Morgan fingerprint density at radius 3 is 2.25 bits per heavy atom. The van der Waals surface area contributed by atoms with E-state index in [0.717, 1.165) is 0 Å². The van der Waals surface area contributed by atoms with Crippen molar-refractivity contribution in [2.45, 2.75) is 32.0 Å². The average molecular weight is 138 g/mol.